The third-order valence-corrected chi connectivity index (χ3v) is 3.35. The molecule has 0 saturated heterocycles. The van der Waals surface area contributed by atoms with Crippen LogP contribution in [-0.2, 0) is 18.0 Å². The first-order chi connectivity index (χ1) is 10.1. The Morgan fingerprint density at radius 2 is 1.50 bits per heavy atom. The van der Waals surface area contributed by atoms with Crippen molar-refractivity contribution in [1.82, 2.24) is 4.98 Å². The topological polar surface area (TPSA) is 12.9 Å². The van der Waals surface area contributed by atoms with Crippen LogP contribution in [0.25, 0.3) is 0 Å². The number of rotatable bonds is 2. The predicted octanol–water partition coefficient (Wildman–Crippen LogP) is 5.13. The van der Waals surface area contributed by atoms with Gasteiger partial charge in [-0.25, -0.2) is 4.39 Å². The van der Waals surface area contributed by atoms with Crippen molar-refractivity contribution in [1.29, 1.82) is 0 Å². The SMILES string of the molecule is CC(C)(C)c1cncc(Cc2cc(F)cc(C(F)(F)F)c2)c1. The summed E-state index contributed by atoms with van der Waals surface area (Å²) < 4.78 is 51.6. The van der Waals surface area contributed by atoms with E-state index in [0.717, 1.165) is 23.3 Å². The fourth-order valence-electron chi connectivity index (χ4n) is 2.15. The molecule has 0 fully saturated rings. The number of aromatic nitrogens is 1. The van der Waals surface area contributed by atoms with Crippen LogP contribution in [0.4, 0.5) is 17.6 Å². The van der Waals surface area contributed by atoms with Crippen LogP contribution in [0.2, 0.25) is 0 Å². The normalized spacial score (nSPS) is 12.5. The Morgan fingerprint density at radius 3 is 2.09 bits per heavy atom. The summed E-state index contributed by atoms with van der Waals surface area (Å²) in [7, 11) is 0. The average Bonchev–Trinajstić information content (AvgIpc) is 2.36. The third kappa shape index (κ3) is 4.06. The molecule has 1 aromatic carbocycles. The zero-order chi connectivity index (χ0) is 16.5. The van der Waals surface area contributed by atoms with Crippen molar-refractivity contribution in [3.05, 3.63) is 64.7 Å². The zero-order valence-electron chi connectivity index (χ0n) is 12.6. The second-order valence-corrected chi connectivity index (χ2v) is 6.35. The Kier molecular flexibility index (Phi) is 4.27. The highest BCUT2D eigenvalue weighted by Crippen LogP contribution is 2.31. The average molecular weight is 311 g/mol. The zero-order valence-corrected chi connectivity index (χ0v) is 12.6. The van der Waals surface area contributed by atoms with Gasteiger partial charge in [0, 0.05) is 12.4 Å². The van der Waals surface area contributed by atoms with Crippen LogP contribution >= 0.6 is 0 Å². The van der Waals surface area contributed by atoms with Crippen LogP contribution in [0.3, 0.4) is 0 Å². The van der Waals surface area contributed by atoms with Crippen LogP contribution < -0.4 is 0 Å². The Hall–Kier alpha value is -1.91. The summed E-state index contributed by atoms with van der Waals surface area (Å²) in [5, 5.41) is 0. The Bertz CT molecular complexity index is 669. The van der Waals surface area contributed by atoms with Crippen LogP contribution in [0.5, 0.6) is 0 Å². The molecule has 0 spiro atoms. The van der Waals surface area contributed by atoms with Gasteiger partial charge in [0.15, 0.2) is 0 Å². The Balaban J connectivity index is 2.34. The van der Waals surface area contributed by atoms with Gasteiger partial charge < -0.3 is 0 Å². The van der Waals surface area contributed by atoms with Gasteiger partial charge in [-0.15, -0.1) is 0 Å². The molecule has 0 radical (unpaired) electrons. The maximum Gasteiger partial charge on any atom is 0.416 e. The van der Waals surface area contributed by atoms with Gasteiger partial charge in [-0.3, -0.25) is 4.98 Å². The van der Waals surface area contributed by atoms with Gasteiger partial charge in [0.2, 0.25) is 0 Å². The fourth-order valence-corrected chi connectivity index (χ4v) is 2.15. The molecular weight excluding hydrogens is 294 g/mol. The molecule has 2 rings (SSSR count). The fraction of sp³-hybridized carbons (Fsp3) is 0.353. The van der Waals surface area contributed by atoms with E-state index >= 15 is 0 Å². The molecule has 0 amide bonds. The number of pyridine rings is 1. The quantitative estimate of drug-likeness (QED) is 0.701. The van der Waals surface area contributed by atoms with E-state index in [-0.39, 0.29) is 17.4 Å². The Labute approximate surface area is 127 Å². The molecule has 0 aliphatic heterocycles. The molecule has 0 bridgehead atoms. The van der Waals surface area contributed by atoms with E-state index < -0.39 is 17.6 Å². The second kappa shape index (κ2) is 5.71. The molecule has 0 unspecified atom stereocenters. The van der Waals surface area contributed by atoms with E-state index in [1.54, 1.807) is 12.4 Å². The van der Waals surface area contributed by atoms with Crippen LogP contribution in [-0.4, -0.2) is 4.98 Å². The summed E-state index contributed by atoms with van der Waals surface area (Å²) in [5.74, 6) is -0.884. The van der Waals surface area contributed by atoms with E-state index in [2.05, 4.69) is 4.98 Å². The van der Waals surface area contributed by atoms with Crippen molar-refractivity contribution < 1.29 is 17.6 Å². The smallest absolute Gasteiger partial charge is 0.264 e. The largest absolute Gasteiger partial charge is 0.416 e. The molecule has 0 atom stereocenters. The number of halogens is 4. The molecule has 0 saturated carbocycles. The van der Waals surface area contributed by atoms with E-state index in [9.17, 15) is 17.6 Å². The van der Waals surface area contributed by atoms with Gasteiger partial charge in [0.25, 0.3) is 0 Å². The van der Waals surface area contributed by atoms with Crippen molar-refractivity contribution in [2.24, 2.45) is 0 Å². The summed E-state index contributed by atoms with van der Waals surface area (Å²) in [6.07, 6.45) is -1.02. The summed E-state index contributed by atoms with van der Waals surface area (Å²) >= 11 is 0. The molecule has 2 aromatic rings. The lowest BCUT2D eigenvalue weighted by atomic mass is 9.87. The lowest BCUT2D eigenvalue weighted by Gasteiger charge is -2.19. The second-order valence-electron chi connectivity index (χ2n) is 6.35. The first-order valence-electron chi connectivity index (χ1n) is 6.87. The highest BCUT2D eigenvalue weighted by molar-refractivity contribution is 5.33. The van der Waals surface area contributed by atoms with Gasteiger partial charge in [0.1, 0.15) is 5.82 Å². The molecule has 1 nitrogen and oxygen atoms in total. The van der Waals surface area contributed by atoms with E-state index in [1.807, 2.05) is 26.8 Å². The molecule has 0 aliphatic rings. The van der Waals surface area contributed by atoms with Gasteiger partial charge in [-0.1, -0.05) is 26.8 Å². The first-order valence-corrected chi connectivity index (χ1v) is 6.87. The maximum absolute atomic E-state index is 13.4. The number of hydrogen-bond acceptors (Lipinski definition) is 1. The van der Waals surface area contributed by atoms with E-state index in [0.29, 0.717) is 6.07 Å². The van der Waals surface area contributed by atoms with E-state index in [4.69, 9.17) is 0 Å². The molecular formula is C17H17F4N. The number of alkyl halides is 3. The number of hydrogen-bond donors (Lipinski definition) is 0. The summed E-state index contributed by atoms with van der Waals surface area (Å²) in [4.78, 5) is 4.12. The summed E-state index contributed by atoms with van der Waals surface area (Å²) in [6, 6.07) is 4.50. The van der Waals surface area contributed by atoms with Gasteiger partial charge in [-0.2, -0.15) is 13.2 Å². The lowest BCUT2D eigenvalue weighted by molar-refractivity contribution is -0.137. The maximum atomic E-state index is 13.4. The molecule has 5 heteroatoms. The number of nitrogens with zero attached hydrogens (tertiary/aromatic N) is 1. The standard InChI is InChI=1S/C17H17F4N/c1-16(2,3)14-6-12(9-22-10-14)4-11-5-13(17(19,20)21)8-15(18)7-11/h5-10H,4H2,1-3H3. The molecule has 1 heterocycles. The van der Waals surface area contributed by atoms with Gasteiger partial charge in [-0.05, 0) is 46.7 Å². The Morgan fingerprint density at radius 1 is 0.864 bits per heavy atom. The predicted molar refractivity (Wildman–Crippen MR) is 77.1 cm³/mol. The highest BCUT2D eigenvalue weighted by Gasteiger charge is 2.31. The van der Waals surface area contributed by atoms with Crippen molar-refractivity contribution in [2.75, 3.05) is 0 Å². The van der Waals surface area contributed by atoms with E-state index in [1.165, 1.54) is 0 Å². The minimum Gasteiger partial charge on any atom is -0.264 e. The van der Waals surface area contributed by atoms with Crippen molar-refractivity contribution >= 4 is 0 Å². The summed E-state index contributed by atoms with van der Waals surface area (Å²) in [5.41, 5.74) is 0.938. The molecule has 0 aliphatic carbocycles. The van der Waals surface area contributed by atoms with Gasteiger partial charge >= 0.3 is 6.18 Å². The van der Waals surface area contributed by atoms with Crippen LogP contribution in [0.15, 0.2) is 36.7 Å². The third-order valence-electron chi connectivity index (χ3n) is 3.35. The van der Waals surface area contributed by atoms with Crippen molar-refractivity contribution in [3.8, 4) is 0 Å². The first kappa shape index (κ1) is 16.5. The monoisotopic (exact) mass is 311 g/mol. The van der Waals surface area contributed by atoms with Crippen LogP contribution in [0, 0.1) is 5.82 Å². The van der Waals surface area contributed by atoms with Crippen molar-refractivity contribution in [2.45, 2.75) is 38.8 Å². The minimum absolute atomic E-state index is 0.109. The van der Waals surface area contributed by atoms with Crippen molar-refractivity contribution in [3.63, 3.8) is 0 Å². The molecule has 0 N–H and O–H groups in total. The lowest BCUT2D eigenvalue weighted by Crippen LogP contribution is -2.12. The summed E-state index contributed by atoms with van der Waals surface area (Å²) in [6.45, 7) is 6.08. The minimum atomic E-state index is -4.55. The number of benzene rings is 1. The molecule has 22 heavy (non-hydrogen) atoms. The van der Waals surface area contributed by atoms with Crippen LogP contribution in [0.1, 0.15) is 43.0 Å². The van der Waals surface area contributed by atoms with Gasteiger partial charge in [0.05, 0.1) is 5.56 Å². The highest BCUT2D eigenvalue weighted by atomic mass is 19.4. The molecule has 1 aromatic heterocycles. The molecule has 118 valence electrons.